The number of nitrogens with zero attached hydrogens (tertiary/aromatic N) is 1. The van der Waals surface area contributed by atoms with E-state index in [1.165, 1.54) is 6.21 Å². The highest BCUT2D eigenvalue weighted by atomic mass is 16.3. The van der Waals surface area contributed by atoms with Crippen LogP contribution in [0.4, 0.5) is 0 Å². The third-order valence-corrected chi connectivity index (χ3v) is 2.95. The van der Waals surface area contributed by atoms with Crippen molar-refractivity contribution in [1.29, 1.82) is 0 Å². The van der Waals surface area contributed by atoms with Gasteiger partial charge in [-0.2, -0.15) is 5.10 Å². The predicted molar refractivity (Wildman–Crippen MR) is 76.4 cm³/mol. The lowest BCUT2D eigenvalue weighted by molar-refractivity contribution is -0.120. The number of hydrogen-bond acceptors (Lipinski definition) is 3. The van der Waals surface area contributed by atoms with Gasteiger partial charge in [-0.05, 0) is 23.8 Å². The molecule has 0 radical (unpaired) electrons. The van der Waals surface area contributed by atoms with E-state index >= 15 is 0 Å². The predicted octanol–water partition coefficient (Wildman–Crippen LogP) is 2.45. The molecule has 1 amide bonds. The molecule has 0 unspecified atom stereocenters. The van der Waals surface area contributed by atoms with Crippen LogP contribution in [0, 0.1) is 0 Å². The number of furan rings is 1. The van der Waals surface area contributed by atoms with Gasteiger partial charge in [0, 0.05) is 17.1 Å². The van der Waals surface area contributed by atoms with E-state index in [2.05, 4.69) is 15.5 Å². The molecule has 100 valence electrons. The number of aromatic nitrogens is 1. The highest BCUT2D eigenvalue weighted by molar-refractivity contribution is 5.89. The summed E-state index contributed by atoms with van der Waals surface area (Å²) in [5.41, 5.74) is 4.45. The number of fused-ring (bicyclic) bond motifs is 1. The monoisotopic (exact) mass is 267 g/mol. The average Bonchev–Trinajstić information content (AvgIpc) is 3.09. The van der Waals surface area contributed by atoms with Gasteiger partial charge in [0.25, 0.3) is 0 Å². The largest absolute Gasteiger partial charge is 0.463 e. The van der Waals surface area contributed by atoms with Crippen LogP contribution in [-0.4, -0.2) is 17.1 Å². The first-order valence-corrected chi connectivity index (χ1v) is 6.23. The Morgan fingerprint density at radius 1 is 1.30 bits per heavy atom. The van der Waals surface area contributed by atoms with Gasteiger partial charge in [-0.25, -0.2) is 5.43 Å². The molecule has 0 atom stereocenters. The maximum absolute atomic E-state index is 11.8. The number of carbonyl (C=O) groups excluding carboxylic acids is 1. The van der Waals surface area contributed by atoms with Gasteiger partial charge in [-0.1, -0.05) is 18.2 Å². The van der Waals surface area contributed by atoms with E-state index in [0.29, 0.717) is 5.76 Å². The van der Waals surface area contributed by atoms with Crippen LogP contribution in [-0.2, 0) is 11.2 Å². The van der Waals surface area contributed by atoms with Gasteiger partial charge < -0.3 is 9.40 Å². The summed E-state index contributed by atoms with van der Waals surface area (Å²) in [4.78, 5) is 15.0. The number of nitrogens with one attached hydrogen (secondary N) is 2. The van der Waals surface area contributed by atoms with Crippen molar-refractivity contribution in [2.75, 3.05) is 0 Å². The molecule has 2 heterocycles. The van der Waals surface area contributed by atoms with Crippen molar-refractivity contribution in [2.45, 2.75) is 6.42 Å². The molecular weight excluding hydrogens is 254 g/mol. The molecule has 0 spiro atoms. The topological polar surface area (TPSA) is 70.4 Å². The Morgan fingerprint density at radius 3 is 3.05 bits per heavy atom. The van der Waals surface area contributed by atoms with E-state index in [9.17, 15) is 4.79 Å². The number of carbonyl (C=O) groups is 1. The van der Waals surface area contributed by atoms with E-state index in [1.54, 1.807) is 18.4 Å². The fraction of sp³-hybridized carbons (Fsp3) is 0.0667. The second kappa shape index (κ2) is 5.44. The summed E-state index contributed by atoms with van der Waals surface area (Å²) in [7, 11) is 0. The fourth-order valence-electron chi connectivity index (χ4n) is 2.02. The van der Waals surface area contributed by atoms with Crippen LogP contribution in [0.25, 0.3) is 10.9 Å². The van der Waals surface area contributed by atoms with Crippen LogP contribution < -0.4 is 5.43 Å². The molecule has 0 saturated heterocycles. The summed E-state index contributed by atoms with van der Waals surface area (Å²) < 4.78 is 5.07. The SMILES string of the molecule is O=C(Cc1c[nH]c2ccccc12)NN=Cc1ccco1. The van der Waals surface area contributed by atoms with Crippen LogP contribution in [0.15, 0.2) is 58.4 Å². The average molecular weight is 267 g/mol. The molecule has 2 aromatic heterocycles. The molecule has 20 heavy (non-hydrogen) atoms. The molecule has 0 aliphatic heterocycles. The number of hydrogen-bond donors (Lipinski definition) is 2. The minimum absolute atomic E-state index is 0.169. The standard InChI is InChI=1S/C15H13N3O2/c19-15(18-17-10-12-4-3-7-20-12)8-11-9-16-14-6-2-1-5-13(11)14/h1-7,9-10,16H,8H2,(H,18,19). The highest BCUT2D eigenvalue weighted by Crippen LogP contribution is 2.17. The van der Waals surface area contributed by atoms with Crippen molar-refractivity contribution in [3.05, 3.63) is 60.2 Å². The van der Waals surface area contributed by atoms with E-state index in [1.807, 2.05) is 30.5 Å². The number of benzene rings is 1. The van der Waals surface area contributed by atoms with Gasteiger partial charge in [0.1, 0.15) is 5.76 Å². The quantitative estimate of drug-likeness (QED) is 0.563. The summed E-state index contributed by atoms with van der Waals surface area (Å²) >= 11 is 0. The van der Waals surface area contributed by atoms with Crippen molar-refractivity contribution < 1.29 is 9.21 Å². The van der Waals surface area contributed by atoms with Crippen molar-refractivity contribution in [3.63, 3.8) is 0 Å². The first kappa shape index (κ1) is 12.2. The fourth-order valence-corrected chi connectivity index (χ4v) is 2.02. The van der Waals surface area contributed by atoms with Crippen LogP contribution in [0.5, 0.6) is 0 Å². The van der Waals surface area contributed by atoms with Crippen molar-refractivity contribution in [2.24, 2.45) is 5.10 Å². The second-order valence-electron chi connectivity index (χ2n) is 4.34. The minimum atomic E-state index is -0.169. The molecule has 1 aromatic carbocycles. The Labute approximate surface area is 115 Å². The van der Waals surface area contributed by atoms with Crippen LogP contribution in [0.3, 0.4) is 0 Å². The van der Waals surface area contributed by atoms with Crippen LogP contribution in [0.2, 0.25) is 0 Å². The summed E-state index contributed by atoms with van der Waals surface area (Å²) in [6, 6.07) is 11.4. The van der Waals surface area contributed by atoms with E-state index < -0.39 is 0 Å². The highest BCUT2D eigenvalue weighted by Gasteiger charge is 2.07. The van der Waals surface area contributed by atoms with Crippen molar-refractivity contribution in [3.8, 4) is 0 Å². The molecular formula is C15H13N3O2. The summed E-state index contributed by atoms with van der Waals surface area (Å²) in [6.07, 6.45) is 5.14. The lowest BCUT2D eigenvalue weighted by Gasteiger charge is -1.98. The van der Waals surface area contributed by atoms with Gasteiger partial charge in [-0.15, -0.1) is 0 Å². The molecule has 5 heteroatoms. The molecule has 0 fully saturated rings. The maximum atomic E-state index is 11.8. The van der Waals surface area contributed by atoms with Gasteiger partial charge in [0.05, 0.1) is 18.9 Å². The van der Waals surface area contributed by atoms with Gasteiger partial charge >= 0.3 is 0 Å². The summed E-state index contributed by atoms with van der Waals surface area (Å²) in [6.45, 7) is 0. The van der Waals surface area contributed by atoms with E-state index in [4.69, 9.17) is 4.42 Å². The molecule has 2 N–H and O–H groups in total. The Kier molecular flexibility index (Phi) is 3.33. The second-order valence-corrected chi connectivity index (χ2v) is 4.34. The third kappa shape index (κ3) is 2.61. The van der Waals surface area contributed by atoms with E-state index in [-0.39, 0.29) is 12.3 Å². The van der Waals surface area contributed by atoms with Crippen LogP contribution in [0.1, 0.15) is 11.3 Å². The first-order chi connectivity index (χ1) is 9.83. The summed E-state index contributed by atoms with van der Waals surface area (Å²) in [5, 5.41) is 4.90. The number of rotatable bonds is 4. The zero-order valence-corrected chi connectivity index (χ0v) is 10.7. The number of aromatic amines is 1. The smallest absolute Gasteiger partial charge is 0.244 e. The van der Waals surface area contributed by atoms with E-state index in [0.717, 1.165) is 16.5 Å². The molecule has 0 aliphatic carbocycles. The van der Waals surface area contributed by atoms with Crippen molar-refractivity contribution >= 4 is 23.0 Å². The number of hydrazone groups is 1. The third-order valence-electron chi connectivity index (χ3n) is 2.95. The summed E-state index contributed by atoms with van der Waals surface area (Å²) in [5.74, 6) is 0.426. The number of para-hydroxylation sites is 1. The molecule has 3 aromatic rings. The zero-order valence-electron chi connectivity index (χ0n) is 10.7. The number of amides is 1. The molecule has 0 aliphatic rings. The molecule has 5 nitrogen and oxygen atoms in total. The van der Waals surface area contributed by atoms with Gasteiger partial charge in [-0.3, -0.25) is 4.79 Å². The number of H-pyrrole nitrogens is 1. The normalized spacial score (nSPS) is 11.2. The molecule has 3 rings (SSSR count). The van der Waals surface area contributed by atoms with Crippen LogP contribution >= 0.6 is 0 Å². The molecule has 0 bridgehead atoms. The maximum Gasteiger partial charge on any atom is 0.244 e. The Morgan fingerprint density at radius 2 is 2.20 bits per heavy atom. The van der Waals surface area contributed by atoms with Gasteiger partial charge in [0.15, 0.2) is 0 Å². The minimum Gasteiger partial charge on any atom is -0.463 e. The Bertz CT molecular complexity index is 741. The zero-order chi connectivity index (χ0) is 13.8. The Hall–Kier alpha value is -2.82. The molecule has 0 saturated carbocycles. The van der Waals surface area contributed by atoms with Crippen molar-refractivity contribution in [1.82, 2.24) is 10.4 Å². The van der Waals surface area contributed by atoms with Gasteiger partial charge in [0.2, 0.25) is 5.91 Å². The first-order valence-electron chi connectivity index (χ1n) is 6.23. The lowest BCUT2D eigenvalue weighted by atomic mass is 10.1. The Balaban J connectivity index is 1.64. The lowest BCUT2D eigenvalue weighted by Crippen LogP contribution is -2.19.